The van der Waals surface area contributed by atoms with Crippen LogP contribution in [0.5, 0.6) is 0 Å². The van der Waals surface area contributed by atoms with E-state index in [1.54, 1.807) is 13.0 Å². The fourth-order valence-corrected chi connectivity index (χ4v) is 1.62. The summed E-state index contributed by atoms with van der Waals surface area (Å²) in [5.41, 5.74) is 3.20. The first-order valence-electron chi connectivity index (χ1n) is 5.55. The lowest BCUT2D eigenvalue weighted by atomic mass is 10.0. The van der Waals surface area contributed by atoms with Crippen LogP contribution in [0.3, 0.4) is 0 Å². The van der Waals surface area contributed by atoms with Gasteiger partial charge in [-0.1, -0.05) is 6.07 Å². The van der Waals surface area contributed by atoms with Crippen molar-refractivity contribution in [3.05, 3.63) is 40.7 Å². The van der Waals surface area contributed by atoms with E-state index in [2.05, 4.69) is 10.6 Å². The van der Waals surface area contributed by atoms with Gasteiger partial charge >= 0.3 is 0 Å². The summed E-state index contributed by atoms with van der Waals surface area (Å²) >= 11 is 0. The molecule has 0 aromatic heterocycles. The molecule has 1 aromatic carbocycles. The van der Waals surface area contributed by atoms with Crippen molar-refractivity contribution in [3.63, 3.8) is 0 Å². The lowest BCUT2D eigenvalue weighted by Crippen LogP contribution is -2.36. The van der Waals surface area contributed by atoms with Crippen LogP contribution in [-0.2, 0) is 4.79 Å². The Bertz CT molecular complexity index is 488. The topological polar surface area (TPSA) is 41.1 Å². The number of nitrogens with one attached hydrogen (secondary N) is 2. The fourth-order valence-electron chi connectivity index (χ4n) is 1.62. The van der Waals surface area contributed by atoms with E-state index in [0.717, 1.165) is 24.2 Å². The van der Waals surface area contributed by atoms with E-state index in [-0.39, 0.29) is 11.7 Å². The van der Waals surface area contributed by atoms with Gasteiger partial charge in [0.25, 0.3) is 5.91 Å². The van der Waals surface area contributed by atoms with Crippen LogP contribution in [0.2, 0.25) is 0 Å². The van der Waals surface area contributed by atoms with Crippen LogP contribution in [0.4, 0.5) is 10.1 Å². The molecule has 0 bridgehead atoms. The summed E-state index contributed by atoms with van der Waals surface area (Å²) in [4.78, 5) is 11.9. The monoisotopic (exact) mass is 234 g/mol. The van der Waals surface area contributed by atoms with Gasteiger partial charge in [0.15, 0.2) is 0 Å². The van der Waals surface area contributed by atoms with E-state index in [0.29, 0.717) is 11.3 Å². The molecule has 0 saturated carbocycles. The van der Waals surface area contributed by atoms with E-state index in [9.17, 15) is 9.18 Å². The molecule has 1 fully saturated rings. The minimum Gasteiger partial charge on any atom is -0.322 e. The number of halogens is 1. The molecule has 0 radical (unpaired) electrons. The van der Waals surface area contributed by atoms with Crippen LogP contribution >= 0.6 is 0 Å². The third kappa shape index (κ3) is 2.53. The SMILES string of the molecule is CC(C(=O)Nc1cc(F)ccc1C)=C1CNC1. The molecule has 1 heterocycles. The summed E-state index contributed by atoms with van der Waals surface area (Å²) in [5.74, 6) is -0.503. The smallest absolute Gasteiger partial charge is 0.251 e. The van der Waals surface area contributed by atoms with Crippen LogP contribution in [-0.4, -0.2) is 19.0 Å². The van der Waals surface area contributed by atoms with Crippen molar-refractivity contribution in [2.45, 2.75) is 13.8 Å². The molecule has 3 nitrogen and oxygen atoms in total. The molecule has 0 spiro atoms. The normalized spacial score (nSPS) is 14.2. The van der Waals surface area contributed by atoms with Crippen molar-refractivity contribution < 1.29 is 9.18 Å². The third-order valence-electron chi connectivity index (χ3n) is 3.00. The van der Waals surface area contributed by atoms with Crippen molar-refractivity contribution in [2.75, 3.05) is 18.4 Å². The highest BCUT2D eigenvalue weighted by Crippen LogP contribution is 2.18. The first kappa shape index (κ1) is 11.8. The lowest BCUT2D eigenvalue weighted by Gasteiger charge is -2.21. The minimum absolute atomic E-state index is 0.157. The Morgan fingerprint density at radius 2 is 2.12 bits per heavy atom. The number of carbonyl (C=O) groups is 1. The lowest BCUT2D eigenvalue weighted by molar-refractivity contribution is -0.112. The van der Waals surface area contributed by atoms with Crippen LogP contribution in [0.1, 0.15) is 12.5 Å². The first-order chi connectivity index (χ1) is 8.08. The van der Waals surface area contributed by atoms with E-state index < -0.39 is 0 Å². The number of aryl methyl sites for hydroxylation is 1. The van der Waals surface area contributed by atoms with Gasteiger partial charge in [0, 0.05) is 24.4 Å². The zero-order chi connectivity index (χ0) is 12.4. The largest absolute Gasteiger partial charge is 0.322 e. The first-order valence-corrected chi connectivity index (χ1v) is 5.55. The molecule has 1 aromatic rings. The Labute approximate surface area is 99.7 Å². The summed E-state index contributed by atoms with van der Waals surface area (Å²) in [5, 5.41) is 5.82. The van der Waals surface area contributed by atoms with Gasteiger partial charge in [-0.05, 0) is 37.1 Å². The van der Waals surface area contributed by atoms with Gasteiger partial charge in [0.1, 0.15) is 5.82 Å². The predicted molar refractivity (Wildman–Crippen MR) is 65.3 cm³/mol. The Morgan fingerprint density at radius 3 is 2.71 bits per heavy atom. The highest BCUT2D eigenvalue weighted by Gasteiger charge is 2.16. The number of benzene rings is 1. The van der Waals surface area contributed by atoms with Crippen molar-refractivity contribution in [3.8, 4) is 0 Å². The maximum atomic E-state index is 13.1. The van der Waals surface area contributed by atoms with Gasteiger partial charge < -0.3 is 10.6 Å². The van der Waals surface area contributed by atoms with Crippen LogP contribution < -0.4 is 10.6 Å². The van der Waals surface area contributed by atoms with Gasteiger partial charge in [-0.25, -0.2) is 4.39 Å². The quantitative estimate of drug-likeness (QED) is 0.768. The third-order valence-corrected chi connectivity index (χ3v) is 3.00. The molecule has 1 aliphatic rings. The van der Waals surface area contributed by atoms with Gasteiger partial charge in [-0.2, -0.15) is 0 Å². The second-order valence-electron chi connectivity index (χ2n) is 4.25. The standard InChI is InChI=1S/C13H15FN2O/c1-8-3-4-11(14)5-12(8)16-13(17)9(2)10-6-15-7-10/h3-5,15H,6-7H2,1-2H3,(H,16,17). The molecule has 1 saturated heterocycles. The molecular formula is C13H15FN2O. The molecule has 2 N–H and O–H groups in total. The second kappa shape index (κ2) is 4.67. The molecule has 1 amide bonds. The van der Waals surface area contributed by atoms with Crippen LogP contribution in [0.25, 0.3) is 0 Å². The molecule has 1 aliphatic heterocycles. The number of rotatable bonds is 2. The number of hydrogen-bond acceptors (Lipinski definition) is 2. The molecule has 90 valence electrons. The average Bonchev–Trinajstić information content (AvgIpc) is 2.21. The van der Waals surface area contributed by atoms with Crippen molar-refractivity contribution in [1.82, 2.24) is 5.32 Å². The molecule has 0 unspecified atom stereocenters. The minimum atomic E-state index is -0.346. The van der Waals surface area contributed by atoms with Gasteiger partial charge in [-0.15, -0.1) is 0 Å². The molecule has 4 heteroatoms. The maximum absolute atomic E-state index is 13.1. The maximum Gasteiger partial charge on any atom is 0.251 e. The summed E-state index contributed by atoms with van der Waals surface area (Å²) in [6.07, 6.45) is 0. The van der Waals surface area contributed by atoms with Gasteiger partial charge in [0.05, 0.1) is 0 Å². The predicted octanol–water partition coefficient (Wildman–Crippen LogP) is 1.99. The van der Waals surface area contributed by atoms with Crippen molar-refractivity contribution >= 4 is 11.6 Å². The van der Waals surface area contributed by atoms with Crippen molar-refractivity contribution in [2.24, 2.45) is 0 Å². The molecule has 2 rings (SSSR count). The van der Waals surface area contributed by atoms with E-state index >= 15 is 0 Å². The molecule has 0 aliphatic carbocycles. The van der Waals surface area contributed by atoms with Gasteiger partial charge in [0.2, 0.25) is 0 Å². The Hall–Kier alpha value is -1.68. The average molecular weight is 234 g/mol. The Balaban J connectivity index is 2.15. The Morgan fingerprint density at radius 1 is 1.41 bits per heavy atom. The summed E-state index contributed by atoms with van der Waals surface area (Å²) < 4.78 is 13.1. The van der Waals surface area contributed by atoms with Crippen molar-refractivity contribution in [1.29, 1.82) is 0 Å². The fraction of sp³-hybridized carbons (Fsp3) is 0.308. The number of carbonyl (C=O) groups excluding carboxylic acids is 1. The van der Waals surface area contributed by atoms with Crippen LogP contribution in [0.15, 0.2) is 29.3 Å². The molecule has 17 heavy (non-hydrogen) atoms. The van der Waals surface area contributed by atoms with E-state index in [1.807, 2.05) is 6.92 Å². The summed E-state index contributed by atoms with van der Waals surface area (Å²) in [6, 6.07) is 4.37. The number of hydrogen-bond donors (Lipinski definition) is 2. The summed E-state index contributed by atoms with van der Waals surface area (Å²) in [7, 11) is 0. The number of anilines is 1. The van der Waals surface area contributed by atoms with Gasteiger partial charge in [-0.3, -0.25) is 4.79 Å². The number of amides is 1. The second-order valence-corrected chi connectivity index (χ2v) is 4.25. The van der Waals surface area contributed by atoms with Crippen LogP contribution in [0, 0.1) is 12.7 Å². The van der Waals surface area contributed by atoms with E-state index in [4.69, 9.17) is 0 Å². The zero-order valence-corrected chi connectivity index (χ0v) is 9.93. The molecular weight excluding hydrogens is 219 g/mol. The summed E-state index contributed by atoms with van der Waals surface area (Å²) in [6.45, 7) is 5.16. The van der Waals surface area contributed by atoms with E-state index in [1.165, 1.54) is 12.1 Å². The highest BCUT2D eigenvalue weighted by molar-refractivity contribution is 6.04. The molecule has 0 atom stereocenters. The zero-order valence-electron chi connectivity index (χ0n) is 9.93. The Kier molecular flexibility index (Phi) is 3.24. The highest BCUT2D eigenvalue weighted by atomic mass is 19.1.